The lowest BCUT2D eigenvalue weighted by atomic mass is 10.2. The van der Waals surface area contributed by atoms with E-state index in [4.69, 9.17) is 4.74 Å². The van der Waals surface area contributed by atoms with Crippen molar-refractivity contribution < 1.29 is 4.74 Å². The Morgan fingerprint density at radius 3 is 3.22 bits per heavy atom. The highest BCUT2D eigenvalue weighted by atomic mass is 79.9. The number of hydrogen-bond acceptors (Lipinski definition) is 4. The number of thiazole rings is 1. The number of hydrogen-bond donors (Lipinski definition) is 0. The van der Waals surface area contributed by atoms with Crippen molar-refractivity contribution in [3.8, 4) is 0 Å². The second-order valence-electron chi connectivity index (χ2n) is 4.74. The van der Waals surface area contributed by atoms with Gasteiger partial charge in [-0.15, -0.1) is 11.3 Å². The first kappa shape index (κ1) is 12.6. The number of halogens is 1. The zero-order chi connectivity index (χ0) is 12.5. The zero-order valence-electron chi connectivity index (χ0n) is 10.3. The SMILES string of the molecule is CC1CN(Cc2cn3ccsc3n2)CC(CBr)O1. The Morgan fingerprint density at radius 2 is 2.44 bits per heavy atom. The van der Waals surface area contributed by atoms with Crippen molar-refractivity contribution in [3.63, 3.8) is 0 Å². The third kappa shape index (κ3) is 2.61. The smallest absolute Gasteiger partial charge is 0.193 e. The van der Waals surface area contributed by atoms with E-state index >= 15 is 0 Å². The number of ether oxygens (including phenoxy) is 1. The average molecular weight is 330 g/mol. The molecule has 2 aromatic heterocycles. The molecule has 0 radical (unpaired) electrons. The molecule has 1 aliphatic heterocycles. The number of aromatic nitrogens is 2. The molecule has 4 nitrogen and oxygen atoms in total. The third-order valence-electron chi connectivity index (χ3n) is 3.10. The number of fused-ring (bicyclic) bond motifs is 1. The van der Waals surface area contributed by atoms with E-state index in [0.717, 1.165) is 35.6 Å². The first-order valence-electron chi connectivity index (χ1n) is 6.09. The van der Waals surface area contributed by atoms with Crippen molar-refractivity contribution in [2.45, 2.75) is 25.7 Å². The van der Waals surface area contributed by atoms with Crippen molar-refractivity contribution in [2.24, 2.45) is 0 Å². The lowest BCUT2D eigenvalue weighted by Crippen LogP contribution is -2.46. The third-order valence-corrected chi connectivity index (χ3v) is 4.60. The van der Waals surface area contributed by atoms with E-state index in [0.29, 0.717) is 6.10 Å². The number of morpholine rings is 1. The zero-order valence-corrected chi connectivity index (χ0v) is 12.7. The Kier molecular flexibility index (Phi) is 3.70. The average Bonchev–Trinajstić information content (AvgIpc) is 2.88. The Bertz CT molecular complexity index is 498. The monoisotopic (exact) mass is 329 g/mol. The summed E-state index contributed by atoms with van der Waals surface area (Å²) in [4.78, 5) is 8.13. The molecule has 0 aliphatic carbocycles. The largest absolute Gasteiger partial charge is 0.372 e. The fourth-order valence-electron chi connectivity index (χ4n) is 2.44. The van der Waals surface area contributed by atoms with Gasteiger partial charge >= 0.3 is 0 Å². The van der Waals surface area contributed by atoms with Crippen LogP contribution in [0.25, 0.3) is 4.96 Å². The summed E-state index contributed by atoms with van der Waals surface area (Å²) < 4.78 is 7.92. The molecule has 0 N–H and O–H groups in total. The number of rotatable bonds is 3. The van der Waals surface area contributed by atoms with Crippen LogP contribution in [0.4, 0.5) is 0 Å². The topological polar surface area (TPSA) is 29.8 Å². The minimum Gasteiger partial charge on any atom is -0.372 e. The van der Waals surface area contributed by atoms with Gasteiger partial charge in [-0.2, -0.15) is 0 Å². The Morgan fingerprint density at radius 1 is 1.56 bits per heavy atom. The minimum absolute atomic E-state index is 0.289. The van der Waals surface area contributed by atoms with Crippen molar-refractivity contribution in [2.75, 3.05) is 18.4 Å². The van der Waals surface area contributed by atoms with Gasteiger partial charge in [0.2, 0.25) is 0 Å². The van der Waals surface area contributed by atoms with E-state index in [-0.39, 0.29) is 6.10 Å². The van der Waals surface area contributed by atoms with Gasteiger partial charge in [0.05, 0.1) is 17.9 Å². The van der Waals surface area contributed by atoms with Crippen LogP contribution in [-0.4, -0.2) is 44.9 Å². The summed E-state index contributed by atoms with van der Waals surface area (Å²) in [6.07, 6.45) is 4.76. The van der Waals surface area contributed by atoms with Crippen molar-refractivity contribution >= 4 is 32.2 Å². The Hall–Kier alpha value is -0.430. The van der Waals surface area contributed by atoms with Gasteiger partial charge < -0.3 is 4.74 Å². The van der Waals surface area contributed by atoms with E-state index in [9.17, 15) is 0 Å². The van der Waals surface area contributed by atoms with Gasteiger partial charge in [-0.25, -0.2) is 4.98 Å². The first-order valence-corrected chi connectivity index (χ1v) is 8.09. The van der Waals surface area contributed by atoms with Crippen molar-refractivity contribution in [1.29, 1.82) is 0 Å². The van der Waals surface area contributed by atoms with Crippen LogP contribution in [0.15, 0.2) is 17.8 Å². The second-order valence-corrected chi connectivity index (χ2v) is 6.26. The molecule has 1 aliphatic rings. The molecule has 2 unspecified atom stereocenters. The summed E-state index contributed by atoms with van der Waals surface area (Å²) >= 11 is 5.18. The van der Waals surface area contributed by atoms with Crippen LogP contribution >= 0.6 is 27.3 Å². The predicted octanol–water partition coefficient (Wildman–Crippen LogP) is 2.38. The highest BCUT2D eigenvalue weighted by Gasteiger charge is 2.24. The first-order chi connectivity index (χ1) is 8.74. The van der Waals surface area contributed by atoms with Gasteiger partial charge in [-0.1, -0.05) is 15.9 Å². The fraction of sp³-hybridized carbons (Fsp3) is 0.583. The molecule has 0 spiro atoms. The van der Waals surface area contributed by atoms with Crippen LogP contribution in [-0.2, 0) is 11.3 Å². The molecule has 0 amide bonds. The van der Waals surface area contributed by atoms with Gasteiger partial charge in [-0.3, -0.25) is 9.30 Å². The molecule has 0 saturated carbocycles. The van der Waals surface area contributed by atoms with Crippen LogP contribution in [0.2, 0.25) is 0 Å². The number of alkyl halides is 1. The van der Waals surface area contributed by atoms with Crippen LogP contribution in [0, 0.1) is 0 Å². The summed E-state index contributed by atoms with van der Waals surface area (Å²) in [5, 5.41) is 2.95. The van der Waals surface area contributed by atoms with E-state index in [1.165, 1.54) is 0 Å². The van der Waals surface area contributed by atoms with Gasteiger partial charge in [0.1, 0.15) is 0 Å². The summed E-state index contributed by atoms with van der Waals surface area (Å²) in [6.45, 7) is 4.99. The lowest BCUT2D eigenvalue weighted by molar-refractivity contribution is -0.0680. The summed E-state index contributed by atoms with van der Waals surface area (Å²) in [5.41, 5.74) is 1.14. The molecule has 6 heteroatoms. The summed E-state index contributed by atoms with van der Waals surface area (Å²) in [7, 11) is 0. The van der Waals surface area contributed by atoms with E-state index in [1.807, 2.05) is 0 Å². The summed E-state index contributed by atoms with van der Waals surface area (Å²) in [5.74, 6) is 0. The summed E-state index contributed by atoms with van der Waals surface area (Å²) in [6, 6.07) is 0. The van der Waals surface area contributed by atoms with Gasteiger partial charge in [0.15, 0.2) is 4.96 Å². The van der Waals surface area contributed by atoms with Gasteiger partial charge in [0.25, 0.3) is 0 Å². The maximum Gasteiger partial charge on any atom is 0.193 e. The minimum atomic E-state index is 0.289. The number of nitrogens with zero attached hydrogens (tertiary/aromatic N) is 3. The molecule has 0 aromatic carbocycles. The second kappa shape index (κ2) is 5.28. The van der Waals surface area contributed by atoms with Gasteiger partial charge in [-0.05, 0) is 6.92 Å². The van der Waals surface area contributed by atoms with Gasteiger partial charge in [0, 0.05) is 42.7 Å². The maximum absolute atomic E-state index is 5.84. The highest BCUT2D eigenvalue weighted by Crippen LogP contribution is 2.17. The molecule has 0 bridgehead atoms. The Labute approximate surface area is 119 Å². The molecular formula is C12H16BrN3OS. The molecule has 18 heavy (non-hydrogen) atoms. The molecular weight excluding hydrogens is 314 g/mol. The molecule has 1 fully saturated rings. The van der Waals surface area contributed by atoms with E-state index in [2.05, 4.69) is 54.9 Å². The highest BCUT2D eigenvalue weighted by molar-refractivity contribution is 9.09. The normalized spacial score (nSPS) is 25.9. The lowest BCUT2D eigenvalue weighted by Gasteiger charge is -2.35. The molecule has 3 rings (SSSR count). The molecule has 3 heterocycles. The maximum atomic E-state index is 5.84. The quantitative estimate of drug-likeness (QED) is 0.810. The predicted molar refractivity (Wildman–Crippen MR) is 76.5 cm³/mol. The van der Waals surface area contributed by atoms with Crippen molar-refractivity contribution in [1.82, 2.24) is 14.3 Å². The molecule has 1 saturated heterocycles. The van der Waals surface area contributed by atoms with E-state index < -0.39 is 0 Å². The molecule has 2 aromatic rings. The van der Waals surface area contributed by atoms with Crippen LogP contribution in [0.3, 0.4) is 0 Å². The van der Waals surface area contributed by atoms with Crippen molar-refractivity contribution in [3.05, 3.63) is 23.5 Å². The fourth-order valence-corrected chi connectivity index (χ4v) is 3.51. The number of imidazole rings is 1. The van der Waals surface area contributed by atoms with Crippen LogP contribution < -0.4 is 0 Å². The standard InChI is InChI=1S/C12H16BrN3OS/c1-9-5-15(8-11(4-13)17-9)6-10-7-16-2-3-18-12(16)14-10/h2-3,7,9,11H,4-6,8H2,1H3. The molecule has 98 valence electrons. The van der Waals surface area contributed by atoms with E-state index in [1.54, 1.807) is 11.3 Å². The molecule has 2 atom stereocenters. The Balaban J connectivity index is 1.69. The van der Waals surface area contributed by atoms with Crippen LogP contribution in [0.1, 0.15) is 12.6 Å². The van der Waals surface area contributed by atoms with Crippen LogP contribution in [0.5, 0.6) is 0 Å².